The maximum absolute atomic E-state index is 12.6. The Kier molecular flexibility index (Phi) is 7.82. The van der Waals surface area contributed by atoms with E-state index in [1.807, 2.05) is 43.0 Å². The highest BCUT2D eigenvalue weighted by Gasteiger charge is 2.21. The van der Waals surface area contributed by atoms with Gasteiger partial charge in [-0.25, -0.2) is 12.7 Å². The average molecular weight is 438 g/mol. The van der Waals surface area contributed by atoms with E-state index in [2.05, 4.69) is 5.32 Å². The molecule has 0 saturated heterocycles. The van der Waals surface area contributed by atoms with Gasteiger partial charge in [-0.15, -0.1) is 0 Å². The number of nitrogens with one attached hydrogen (secondary N) is 1. The first kappa shape index (κ1) is 23.3. The fraction of sp³-hybridized carbons (Fsp3) is 0.381. The summed E-state index contributed by atoms with van der Waals surface area (Å²) < 4.78 is 26.1. The monoisotopic (exact) mass is 437 g/mol. The van der Waals surface area contributed by atoms with E-state index in [4.69, 9.17) is 11.6 Å². The van der Waals surface area contributed by atoms with Crippen LogP contribution in [0, 0.1) is 6.92 Å². The van der Waals surface area contributed by atoms with Gasteiger partial charge in [0.25, 0.3) is 0 Å². The van der Waals surface area contributed by atoms with Crippen LogP contribution in [0.15, 0.2) is 47.4 Å². The van der Waals surface area contributed by atoms with E-state index in [0.717, 1.165) is 9.87 Å². The van der Waals surface area contributed by atoms with Crippen LogP contribution in [0.3, 0.4) is 0 Å². The fourth-order valence-electron chi connectivity index (χ4n) is 2.83. The summed E-state index contributed by atoms with van der Waals surface area (Å²) in [6.45, 7) is 6.53. The first-order valence-corrected chi connectivity index (χ1v) is 11.1. The predicted molar refractivity (Wildman–Crippen MR) is 118 cm³/mol. The van der Waals surface area contributed by atoms with Gasteiger partial charge < -0.3 is 5.32 Å². The summed E-state index contributed by atoms with van der Waals surface area (Å²) in [7, 11) is -0.623. The smallest absolute Gasteiger partial charge is 0.242 e. The van der Waals surface area contributed by atoms with Crippen molar-refractivity contribution in [2.24, 2.45) is 0 Å². The first-order chi connectivity index (χ1) is 13.5. The minimum absolute atomic E-state index is 0.141. The molecule has 158 valence electrons. The molecule has 0 aromatic heterocycles. The maximum Gasteiger partial charge on any atom is 0.242 e. The van der Waals surface area contributed by atoms with E-state index < -0.39 is 10.0 Å². The van der Waals surface area contributed by atoms with Crippen molar-refractivity contribution in [3.63, 3.8) is 0 Å². The van der Waals surface area contributed by atoms with Gasteiger partial charge in [-0.05, 0) is 56.2 Å². The Morgan fingerprint density at radius 3 is 2.41 bits per heavy atom. The summed E-state index contributed by atoms with van der Waals surface area (Å²) in [4.78, 5) is 14.8. The van der Waals surface area contributed by atoms with Gasteiger partial charge in [-0.3, -0.25) is 9.69 Å². The standard InChI is InChI=1S/C21H28ClN3O3S/c1-15(2)25(13-17-7-6-8-18(22)11-17)14-21(26)23-19-10-9-16(3)20(12-19)29(27,28)24(4)5/h6-12,15H,13-14H2,1-5H3,(H,23,26). The number of aryl methyl sites for hydroxylation is 1. The van der Waals surface area contributed by atoms with Crippen molar-refractivity contribution in [1.82, 2.24) is 9.21 Å². The van der Waals surface area contributed by atoms with Crippen LogP contribution in [0.5, 0.6) is 0 Å². The Morgan fingerprint density at radius 2 is 1.83 bits per heavy atom. The fourth-order valence-corrected chi connectivity index (χ4v) is 4.19. The Balaban J connectivity index is 2.14. The molecule has 0 heterocycles. The van der Waals surface area contributed by atoms with Crippen molar-refractivity contribution in [1.29, 1.82) is 0 Å². The van der Waals surface area contributed by atoms with E-state index in [0.29, 0.717) is 22.8 Å². The highest BCUT2D eigenvalue weighted by molar-refractivity contribution is 7.89. The molecule has 0 saturated carbocycles. The number of nitrogens with zero attached hydrogens (tertiary/aromatic N) is 2. The van der Waals surface area contributed by atoms with Crippen molar-refractivity contribution >= 4 is 33.2 Å². The lowest BCUT2D eigenvalue weighted by Gasteiger charge is -2.26. The van der Waals surface area contributed by atoms with Gasteiger partial charge in [0.05, 0.1) is 11.4 Å². The van der Waals surface area contributed by atoms with Crippen LogP contribution in [0.2, 0.25) is 5.02 Å². The molecule has 0 radical (unpaired) electrons. The maximum atomic E-state index is 12.6. The summed E-state index contributed by atoms with van der Waals surface area (Å²) in [5.41, 5.74) is 2.10. The van der Waals surface area contributed by atoms with Gasteiger partial charge in [0, 0.05) is 37.4 Å². The van der Waals surface area contributed by atoms with Crippen molar-refractivity contribution in [3.05, 3.63) is 58.6 Å². The molecule has 0 atom stereocenters. The molecular formula is C21H28ClN3O3S. The van der Waals surface area contributed by atoms with Crippen LogP contribution in [0.1, 0.15) is 25.0 Å². The number of anilines is 1. The van der Waals surface area contributed by atoms with Crippen molar-refractivity contribution in [3.8, 4) is 0 Å². The molecule has 8 heteroatoms. The highest BCUT2D eigenvalue weighted by atomic mass is 35.5. The second-order valence-corrected chi connectivity index (χ2v) is 10.0. The van der Waals surface area contributed by atoms with Crippen LogP contribution in [-0.2, 0) is 21.4 Å². The number of halogens is 1. The molecule has 0 fully saturated rings. The van der Waals surface area contributed by atoms with Gasteiger partial charge in [0.1, 0.15) is 0 Å². The number of carbonyl (C=O) groups excluding carboxylic acids is 1. The number of carbonyl (C=O) groups is 1. The second-order valence-electron chi connectivity index (χ2n) is 7.44. The zero-order chi connectivity index (χ0) is 21.8. The highest BCUT2D eigenvalue weighted by Crippen LogP contribution is 2.22. The molecule has 0 aliphatic carbocycles. The molecule has 0 bridgehead atoms. The van der Waals surface area contributed by atoms with Crippen LogP contribution in [-0.4, -0.2) is 50.2 Å². The van der Waals surface area contributed by atoms with Crippen molar-refractivity contribution in [2.75, 3.05) is 26.0 Å². The molecule has 0 aliphatic rings. The molecule has 1 amide bonds. The zero-order valence-electron chi connectivity index (χ0n) is 17.4. The van der Waals surface area contributed by atoms with Crippen molar-refractivity contribution in [2.45, 2.75) is 38.3 Å². The average Bonchev–Trinajstić information content (AvgIpc) is 2.62. The number of benzene rings is 2. The molecule has 2 aromatic carbocycles. The summed E-state index contributed by atoms with van der Waals surface area (Å²) >= 11 is 6.06. The molecule has 29 heavy (non-hydrogen) atoms. The molecule has 1 N–H and O–H groups in total. The van der Waals surface area contributed by atoms with Gasteiger partial charge in [0.15, 0.2) is 0 Å². The third-order valence-electron chi connectivity index (χ3n) is 4.58. The Hall–Kier alpha value is -1.93. The number of hydrogen-bond donors (Lipinski definition) is 1. The summed E-state index contributed by atoms with van der Waals surface area (Å²) in [6.07, 6.45) is 0. The van der Waals surface area contributed by atoms with E-state index in [1.54, 1.807) is 19.1 Å². The van der Waals surface area contributed by atoms with Gasteiger partial charge in [-0.2, -0.15) is 0 Å². The topological polar surface area (TPSA) is 69.7 Å². The number of rotatable bonds is 8. The quantitative estimate of drug-likeness (QED) is 0.682. The Morgan fingerprint density at radius 1 is 1.14 bits per heavy atom. The number of sulfonamides is 1. The minimum atomic E-state index is -3.59. The predicted octanol–water partition coefficient (Wildman–Crippen LogP) is 3.75. The Labute approximate surface area is 178 Å². The summed E-state index contributed by atoms with van der Waals surface area (Å²) in [6, 6.07) is 12.6. The summed E-state index contributed by atoms with van der Waals surface area (Å²) in [5, 5.41) is 3.47. The van der Waals surface area contributed by atoms with Gasteiger partial charge >= 0.3 is 0 Å². The molecule has 6 nitrogen and oxygen atoms in total. The lowest BCUT2D eigenvalue weighted by Crippen LogP contribution is -2.37. The van der Waals surface area contributed by atoms with Crippen molar-refractivity contribution < 1.29 is 13.2 Å². The van der Waals surface area contributed by atoms with E-state index >= 15 is 0 Å². The van der Waals surface area contributed by atoms with Gasteiger partial charge in [-0.1, -0.05) is 29.8 Å². The second kappa shape index (κ2) is 9.71. The minimum Gasteiger partial charge on any atom is -0.325 e. The normalized spacial score (nSPS) is 12.0. The van der Waals surface area contributed by atoms with E-state index in [-0.39, 0.29) is 23.4 Å². The van der Waals surface area contributed by atoms with E-state index in [9.17, 15) is 13.2 Å². The first-order valence-electron chi connectivity index (χ1n) is 9.32. The SMILES string of the molecule is Cc1ccc(NC(=O)CN(Cc2cccc(Cl)c2)C(C)C)cc1S(=O)(=O)N(C)C. The molecule has 0 aliphatic heterocycles. The lowest BCUT2D eigenvalue weighted by atomic mass is 10.2. The Bertz CT molecular complexity index is 975. The summed E-state index contributed by atoms with van der Waals surface area (Å²) in [5.74, 6) is -0.210. The van der Waals surface area contributed by atoms with E-state index in [1.165, 1.54) is 20.2 Å². The third-order valence-corrected chi connectivity index (χ3v) is 6.77. The van der Waals surface area contributed by atoms with Gasteiger partial charge in [0.2, 0.25) is 15.9 Å². The van der Waals surface area contributed by atoms with Crippen LogP contribution >= 0.6 is 11.6 Å². The van der Waals surface area contributed by atoms with Crippen LogP contribution in [0.4, 0.5) is 5.69 Å². The molecule has 0 spiro atoms. The number of amides is 1. The molecule has 0 unspecified atom stereocenters. The molecular weight excluding hydrogens is 410 g/mol. The molecule has 2 aromatic rings. The largest absolute Gasteiger partial charge is 0.325 e. The molecule has 2 rings (SSSR count). The lowest BCUT2D eigenvalue weighted by molar-refractivity contribution is -0.117. The number of hydrogen-bond acceptors (Lipinski definition) is 4. The third kappa shape index (κ3) is 6.27. The van der Waals surface area contributed by atoms with Crippen LogP contribution < -0.4 is 5.32 Å². The van der Waals surface area contributed by atoms with Crippen LogP contribution in [0.25, 0.3) is 0 Å². The zero-order valence-corrected chi connectivity index (χ0v) is 19.0.